The average molecular weight is 241 g/mol. The van der Waals surface area contributed by atoms with E-state index in [0.717, 1.165) is 6.07 Å². The van der Waals surface area contributed by atoms with Gasteiger partial charge < -0.3 is 9.84 Å². The molecule has 0 bridgehead atoms. The zero-order chi connectivity index (χ0) is 11.6. The molecule has 1 aromatic rings. The van der Waals surface area contributed by atoms with Crippen LogP contribution < -0.4 is 4.74 Å². The fourth-order valence-corrected chi connectivity index (χ4v) is 1.25. The third kappa shape index (κ3) is 2.76. The van der Waals surface area contributed by atoms with Gasteiger partial charge in [0, 0.05) is 10.6 Å². The first-order valence-electron chi connectivity index (χ1n) is 3.94. The molecule has 1 atom stereocenters. The van der Waals surface area contributed by atoms with Gasteiger partial charge in [0.2, 0.25) is 0 Å². The maximum Gasteiger partial charge on any atom is 0.418 e. The van der Waals surface area contributed by atoms with Crippen LogP contribution in [0.2, 0.25) is 5.02 Å². The maximum absolute atomic E-state index is 12.2. The van der Waals surface area contributed by atoms with E-state index in [2.05, 4.69) is 0 Å². The number of benzene rings is 1. The first-order valence-corrected chi connectivity index (χ1v) is 4.32. The second-order valence-corrected chi connectivity index (χ2v) is 3.27. The predicted molar refractivity (Wildman–Crippen MR) is 49.0 cm³/mol. The van der Waals surface area contributed by atoms with Crippen molar-refractivity contribution in [1.82, 2.24) is 0 Å². The van der Waals surface area contributed by atoms with Gasteiger partial charge in [0.15, 0.2) is 6.10 Å². The number of aliphatic hydroxyl groups excluding tert-OH is 1. The summed E-state index contributed by atoms with van der Waals surface area (Å²) in [6.45, 7) is 0. The lowest BCUT2D eigenvalue weighted by molar-refractivity contribution is -0.207. The van der Waals surface area contributed by atoms with Crippen LogP contribution in [0.25, 0.3) is 0 Å². The Bertz CT molecular complexity index is 352. The standard InChI is InChI=1S/C9H8ClF3O2/c1-15-7-4-5(10)2-3-6(7)8(14)9(11,12)13/h2-4,8,14H,1H3/t8-/m0/s1. The van der Waals surface area contributed by atoms with Crippen LogP contribution in [0.1, 0.15) is 11.7 Å². The highest BCUT2D eigenvalue weighted by Gasteiger charge is 2.40. The van der Waals surface area contributed by atoms with Gasteiger partial charge in [-0.2, -0.15) is 13.2 Å². The number of hydrogen-bond acceptors (Lipinski definition) is 2. The smallest absolute Gasteiger partial charge is 0.418 e. The van der Waals surface area contributed by atoms with Crippen molar-refractivity contribution in [2.75, 3.05) is 7.11 Å². The summed E-state index contributed by atoms with van der Waals surface area (Å²) in [6.07, 6.45) is -7.29. The highest BCUT2D eigenvalue weighted by atomic mass is 35.5. The van der Waals surface area contributed by atoms with Crippen molar-refractivity contribution < 1.29 is 23.0 Å². The molecule has 0 saturated heterocycles. The molecule has 1 aromatic carbocycles. The van der Waals surface area contributed by atoms with Crippen LogP contribution in [0.5, 0.6) is 5.75 Å². The third-order valence-corrected chi connectivity index (χ3v) is 2.04. The summed E-state index contributed by atoms with van der Waals surface area (Å²) in [5.74, 6) is -0.0904. The summed E-state index contributed by atoms with van der Waals surface area (Å²) < 4.78 is 41.3. The molecule has 0 fully saturated rings. The molecule has 2 nitrogen and oxygen atoms in total. The average Bonchev–Trinajstić information content (AvgIpc) is 2.15. The van der Waals surface area contributed by atoms with Crippen LogP contribution in [0, 0.1) is 0 Å². The van der Waals surface area contributed by atoms with Crippen LogP contribution >= 0.6 is 11.6 Å². The summed E-state index contributed by atoms with van der Waals surface area (Å²) in [5.41, 5.74) is -0.352. The fraction of sp³-hybridized carbons (Fsp3) is 0.333. The number of aliphatic hydroxyl groups is 1. The van der Waals surface area contributed by atoms with Crippen LogP contribution in [0.15, 0.2) is 18.2 Å². The van der Waals surface area contributed by atoms with Crippen molar-refractivity contribution in [1.29, 1.82) is 0 Å². The van der Waals surface area contributed by atoms with Crippen molar-refractivity contribution in [3.05, 3.63) is 28.8 Å². The highest BCUT2D eigenvalue weighted by molar-refractivity contribution is 6.30. The summed E-state index contributed by atoms with van der Waals surface area (Å²) in [4.78, 5) is 0. The van der Waals surface area contributed by atoms with Gasteiger partial charge in [-0.25, -0.2) is 0 Å². The molecule has 6 heteroatoms. The Balaban J connectivity index is 3.14. The Hall–Kier alpha value is -0.940. The van der Waals surface area contributed by atoms with Gasteiger partial charge in [-0.15, -0.1) is 0 Å². The van der Waals surface area contributed by atoms with E-state index in [1.54, 1.807) is 0 Å². The van der Waals surface area contributed by atoms with Crippen LogP contribution in [-0.4, -0.2) is 18.4 Å². The monoisotopic (exact) mass is 240 g/mol. The van der Waals surface area contributed by atoms with Crippen LogP contribution in [0.4, 0.5) is 13.2 Å². The number of halogens is 4. The van der Waals surface area contributed by atoms with E-state index in [1.165, 1.54) is 19.2 Å². The fourth-order valence-electron chi connectivity index (χ4n) is 1.09. The second kappa shape index (κ2) is 4.28. The number of rotatable bonds is 2. The normalized spacial score (nSPS) is 13.7. The molecular weight excluding hydrogens is 233 g/mol. The zero-order valence-corrected chi connectivity index (χ0v) is 8.43. The Morgan fingerprint density at radius 3 is 2.47 bits per heavy atom. The molecule has 0 aliphatic carbocycles. The molecular formula is C9H8ClF3O2. The molecule has 84 valence electrons. The van der Waals surface area contributed by atoms with Crippen molar-refractivity contribution in [3.63, 3.8) is 0 Å². The van der Waals surface area contributed by atoms with E-state index >= 15 is 0 Å². The molecule has 0 aliphatic rings. The number of alkyl halides is 3. The first-order chi connectivity index (χ1) is 6.86. The second-order valence-electron chi connectivity index (χ2n) is 2.83. The van der Waals surface area contributed by atoms with Crippen molar-refractivity contribution in [2.45, 2.75) is 12.3 Å². The number of ether oxygens (including phenoxy) is 1. The molecule has 15 heavy (non-hydrogen) atoms. The van der Waals surface area contributed by atoms with E-state index in [9.17, 15) is 13.2 Å². The van der Waals surface area contributed by atoms with Gasteiger partial charge in [-0.05, 0) is 12.1 Å². The molecule has 0 aliphatic heterocycles. The lowest BCUT2D eigenvalue weighted by atomic mass is 10.1. The predicted octanol–water partition coefficient (Wildman–Crippen LogP) is 2.94. The molecule has 1 N–H and O–H groups in total. The Labute approximate surface area is 89.2 Å². The van der Waals surface area contributed by atoms with Crippen molar-refractivity contribution in [3.8, 4) is 5.75 Å². The summed E-state index contributed by atoms with van der Waals surface area (Å²) in [6, 6.07) is 3.56. The Morgan fingerprint density at radius 2 is 2.00 bits per heavy atom. The molecule has 0 amide bonds. The van der Waals surface area contributed by atoms with E-state index < -0.39 is 12.3 Å². The summed E-state index contributed by atoms with van der Waals surface area (Å²) in [7, 11) is 1.21. The van der Waals surface area contributed by atoms with E-state index in [-0.39, 0.29) is 16.3 Å². The zero-order valence-electron chi connectivity index (χ0n) is 7.68. The third-order valence-electron chi connectivity index (χ3n) is 1.80. The molecule has 0 spiro atoms. The van der Waals surface area contributed by atoms with Gasteiger partial charge >= 0.3 is 6.18 Å². The molecule has 1 rings (SSSR count). The summed E-state index contributed by atoms with van der Waals surface area (Å²) >= 11 is 5.57. The quantitative estimate of drug-likeness (QED) is 0.861. The van der Waals surface area contributed by atoms with E-state index in [4.69, 9.17) is 21.4 Å². The Morgan fingerprint density at radius 1 is 1.40 bits per heavy atom. The van der Waals surface area contributed by atoms with Gasteiger partial charge in [-0.1, -0.05) is 17.7 Å². The van der Waals surface area contributed by atoms with Crippen molar-refractivity contribution >= 4 is 11.6 Å². The topological polar surface area (TPSA) is 29.5 Å². The minimum Gasteiger partial charge on any atom is -0.496 e. The van der Waals surface area contributed by atoms with Gasteiger partial charge in [0.05, 0.1) is 7.11 Å². The van der Waals surface area contributed by atoms with Gasteiger partial charge in [0.1, 0.15) is 5.75 Å². The summed E-state index contributed by atoms with van der Waals surface area (Å²) in [5, 5.41) is 9.25. The van der Waals surface area contributed by atoms with Crippen LogP contribution in [0.3, 0.4) is 0 Å². The van der Waals surface area contributed by atoms with Crippen LogP contribution in [-0.2, 0) is 0 Å². The minimum atomic E-state index is -4.72. The molecule has 0 saturated carbocycles. The lowest BCUT2D eigenvalue weighted by Crippen LogP contribution is -2.20. The molecule has 0 heterocycles. The van der Waals surface area contributed by atoms with Gasteiger partial charge in [-0.3, -0.25) is 0 Å². The van der Waals surface area contributed by atoms with E-state index in [1.807, 2.05) is 0 Å². The van der Waals surface area contributed by atoms with E-state index in [0.29, 0.717) is 0 Å². The first kappa shape index (κ1) is 12.1. The largest absolute Gasteiger partial charge is 0.496 e. The molecule has 0 radical (unpaired) electrons. The number of methoxy groups -OCH3 is 1. The lowest BCUT2D eigenvalue weighted by Gasteiger charge is -2.17. The minimum absolute atomic E-state index is 0.0904. The highest BCUT2D eigenvalue weighted by Crippen LogP contribution is 2.37. The van der Waals surface area contributed by atoms with Crippen molar-refractivity contribution in [2.24, 2.45) is 0 Å². The molecule has 0 aromatic heterocycles. The van der Waals surface area contributed by atoms with Gasteiger partial charge in [0.25, 0.3) is 0 Å². The number of hydrogen-bond donors (Lipinski definition) is 1. The molecule has 0 unspecified atom stereocenters. The maximum atomic E-state index is 12.2. The Kier molecular flexibility index (Phi) is 3.46. The SMILES string of the molecule is COc1cc(Cl)ccc1[C@H](O)C(F)(F)F.